The molecule has 0 bridgehead atoms. The molecule has 4 aromatic rings. The van der Waals surface area contributed by atoms with Gasteiger partial charge in [0.1, 0.15) is 23.0 Å². The first-order chi connectivity index (χ1) is 19.5. The maximum atomic E-state index is 13.2. The van der Waals surface area contributed by atoms with Crippen molar-refractivity contribution in [2.24, 2.45) is 0 Å². The van der Waals surface area contributed by atoms with E-state index < -0.39 is 0 Å². The van der Waals surface area contributed by atoms with Gasteiger partial charge >= 0.3 is 0 Å². The lowest BCUT2D eigenvalue weighted by atomic mass is 10.2. The van der Waals surface area contributed by atoms with Gasteiger partial charge in [-0.2, -0.15) is 0 Å². The second-order valence-corrected chi connectivity index (χ2v) is 10.2. The second-order valence-electron chi connectivity index (χ2n) is 8.56. The number of methoxy groups -OCH3 is 1. The number of nitrogens with zero attached hydrogens (tertiary/aromatic N) is 1. The van der Waals surface area contributed by atoms with Gasteiger partial charge in [-0.25, -0.2) is 0 Å². The highest BCUT2D eigenvalue weighted by Crippen LogP contribution is 2.37. The van der Waals surface area contributed by atoms with Crippen LogP contribution in [0, 0.1) is 0 Å². The molecule has 9 heteroatoms. The van der Waals surface area contributed by atoms with Gasteiger partial charge in [0, 0.05) is 5.69 Å². The summed E-state index contributed by atoms with van der Waals surface area (Å²) in [5.41, 5.74) is 2.05. The Kier molecular flexibility index (Phi) is 8.44. The fraction of sp³-hybridized carbons (Fsp3) is 0.0645. The van der Waals surface area contributed by atoms with Crippen LogP contribution >= 0.6 is 24.0 Å². The van der Waals surface area contributed by atoms with Gasteiger partial charge in [0.25, 0.3) is 11.8 Å². The van der Waals surface area contributed by atoms with Gasteiger partial charge in [-0.05, 0) is 84.4 Å². The standard InChI is InChI=1S/C31H24N2O5S2/c1-36-24-14-10-22(11-15-24)32-29(34)20-37-27-9-5-6-21(18-27)19-28-30(35)33(31(39)40-28)23-12-16-26(17-13-23)38-25-7-3-2-4-8-25/h2-19H,20H2,1H3,(H,32,34)/b28-19-. The van der Waals surface area contributed by atoms with Gasteiger partial charge in [-0.1, -0.05) is 54.3 Å². The number of hydrogen-bond donors (Lipinski definition) is 1. The zero-order valence-corrected chi connectivity index (χ0v) is 23.0. The molecule has 0 radical (unpaired) electrons. The number of benzene rings is 4. The van der Waals surface area contributed by atoms with Crippen molar-refractivity contribution in [1.82, 2.24) is 0 Å². The Balaban J connectivity index is 1.21. The summed E-state index contributed by atoms with van der Waals surface area (Å²) in [5.74, 6) is 2.09. The molecule has 0 saturated carbocycles. The number of thioether (sulfide) groups is 1. The van der Waals surface area contributed by atoms with Crippen molar-refractivity contribution in [2.75, 3.05) is 23.9 Å². The van der Waals surface area contributed by atoms with Crippen molar-refractivity contribution in [3.05, 3.63) is 114 Å². The molecule has 0 aromatic heterocycles. The topological polar surface area (TPSA) is 77.1 Å². The van der Waals surface area contributed by atoms with Crippen LogP contribution < -0.4 is 24.4 Å². The zero-order chi connectivity index (χ0) is 27.9. The highest BCUT2D eigenvalue weighted by Gasteiger charge is 2.33. The summed E-state index contributed by atoms with van der Waals surface area (Å²) in [6.07, 6.45) is 1.76. The molecule has 1 saturated heterocycles. The molecule has 1 N–H and O–H groups in total. The van der Waals surface area contributed by atoms with Gasteiger partial charge in [0.2, 0.25) is 0 Å². The van der Waals surface area contributed by atoms with Gasteiger partial charge < -0.3 is 19.5 Å². The number of thiocarbonyl (C=S) groups is 1. The van der Waals surface area contributed by atoms with Crippen LogP contribution in [0.4, 0.5) is 11.4 Å². The minimum Gasteiger partial charge on any atom is -0.497 e. The number of nitrogens with one attached hydrogen (secondary N) is 1. The Morgan fingerprint density at radius 2 is 1.55 bits per heavy atom. The van der Waals surface area contributed by atoms with E-state index in [0.717, 1.165) is 11.3 Å². The summed E-state index contributed by atoms with van der Waals surface area (Å²) in [6.45, 7) is -0.165. The minimum atomic E-state index is -0.295. The molecule has 4 aromatic carbocycles. The lowest BCUT2D eigenvalue weighted by Crippen LogP contribution is -2.27. The van der Waals surface area contributed by atoms with E-state index in [-0.39, 0.29) is 18.4 Å². The molecule has 0 aliphatic carbocycles. The van der Waals surface area contributed by atoms with Crippen LogP contribution in [-0.2, 0) is 9.59 Å². The lowest BCUT2D eigenvalue weighted by molar-refractivity contribution is -0.118. The molecule has 40 heavy (non-hydrogen) atoms. The van der Waals surface area contributed by atoms with Crippen molar-refractivity contribution >= 4 is 57.6 Å². The molecule has 7 nitrogen and oxygen atoms in total. The largest absolute Gasteiger partial charge is 0.497 e. The fourth-order valence-corrected chi connectivity index (χ4v) is 5.14. The number of amides is 2. The first-order valence-electron chi connectivity index (χ1n) is 12.3. The number of rotatable bonds is 9. The Bertz CT molecular complexity index is 1560. The normalized spacial score (nSPS) is 13.8. The number of carbonyl (C=O) groups excluding carboxylic acids is 2. The van der Waals surface area contributed by atoms with Crippen molar-refractivity contribution in [3.8, 4) is 23.0 Å². The molecular weight excluding hydrogens is 544 g/mol. The molecule has 5 rings (SSSR count). The molecule has 0 atom stereocenters. The molecule has 0 spiro atoms. The average molecular weight is 569 g/mol. The first-order valence-corrected chi connectivity index (χ1v) is 13.5. The monoisotopic (exact) mass is 568 g/mol. The SMILES string of the molecule is COc1ccc(NC(=O)COc2cccc(/C=C3\SC(=S)N(c4ccc(Oc5ccccc5)cc4)C3=O)c2)cc1. The van der Waals surface area contributed by atoms with Crippen molar-refractivity contribution < 1.29 is 23.8 Å². The number of ether oxygens (including phenoxy) is 3. The van der Waals surface area contributed by atoms with Crippen molar-refractivity contribution in [3.63, 3.8) is 0 Å². The molecule has 1 fully saturated rings. The van der Waals surface area contributed by atoms with E-state index in [1.807, 2.05) is 36.4 Å². The van der Waals surface area contributed by atoms with E-state index in [1.54, 1.807) is 79.9 Å². The summed E-state index contributed by atoms with van der Waals surface area (Å²) < 4.78 is 17.1. The summed E-state index contributed by atoms with van der Waals surface area (Å²) in [7, 11) is 1.58. The maximum Gasteiger partial charge on any atom is 0.270 e. The smallest absolute Gasteiger partial charge is 0.270 e. The van der Waals surface area contributed by atoms with Crippen LogP contribution in [-0.4, -0.2) is 29.9 Å². The van der Waals surface area contributed by atoms with Crippen LogP contribution in [0.25, 0.3) is 6.08 Å². The number of hydrogen-bond acceptors (Lipinski definition) is 7. The van der Waals surface area contributed by atoms with Crippen LogP contribution in [0.3, 0.4) is 0 Å². The summed E-state index contributed by atoms with van der Waals surface area (Å²) in [5, 5.41) is 2.78. The van der Waals surface area contributed by atoms with E-state index in [1.165, 1.54) is 16.7 Å². The number of para-hydroxylation sites is 1. The van der Waals surface area contributed by atoms with E-state index in [9.17, 15) is 9.59 Å². The second kappa shape index (κ2) is 12.5. The first kappa shape index (κ1) is 27.0. The van der Waals surface area contributed by atoms with Gasteiger partial charge in [-0.15, -0.1) is 0 Å². The van der Waals surface area contributed by atoms with Crippen LogP contribution in [0.2, 0.25) is 0 Å². The molecule has 1 aliphatic rings. The molecular formula is C31H24N2O5S2. The van der Waals surface area contributed by atoms with E-state index >= 15 is 0 Å². The lowest BCUT2D eigenvalue weighted by Gasteiger charge is -2.15. The van der Waals surface area contributed by atoms with Gasteiger partial charge in [0.05, 0.1) is 17.7 Å². The summed E-state index contributed by atoms with van der Waals surface area (Å²) in [6, 6.07) is 30.9. The number of anilines is 2. The van der Waals surface area contributed by atoms with Crippen molar-refractivity contribution in [2.45, 2.75) is 0 Å². The predicted molar refractivity (Wildman–Crippen MR) is 162 cm³/mol. The molecule has 2 amide bonds. The Morgan fingerprint density at radius 1 is 0.875 bits per heavy atom. The molecule has 1 aliphatic heterocycles. The molecule has 1 heterocycles. The third-order valence-corrected chi connectivity index (χ3v) is 7.07. The van der Waals surface area contributed by atoms with Crippen LogP contribution in [0.1, 0.15) is 5.56 Å². The maximum absolute atomic E-state index is 13.2. The molecule has 0 unspecified atom stereocenters. The van der Waals surface area contributed by atoms with Crippen LogP contribution in [0.5, 0.6) is 23.0 Å². The van der Waals surface area contributed by atoms with E-state index in [2.05, 4.69) is 5.32 Å². The third kappa shape index (κ3) is 6.69. The van der Waals surface area contributed by atoms with Crippen LogP contribution in [0.15, 0.2) is 108 Å². The average Bonchev–Trinajstić information content (AvgIpc) is 3.25. The zero-order valence-electron chi connectivity index (χ0n) is 21.4. The minimum absolute atomic E-state index is 0.165. The molecule has 200 valence electrons. The summed E-state index contributed by atoms with van der Waals surface area (Å²) >= 11 is 6.74. The summed E-state index contributed by atoms with van der Waals surface area (Å²) in [4.78, 5) is 27.5. The van der Waals surface area contributed by atoms with Gasteiger partial charge in [0.15, 0.2) is 10.9 Å². The van der Waals surface area contributed by atoms with Gasteiger partial charge in [-0.3, -0.25) is 14.5 Å². The van der Waals surface area contributed by atoms with Crippen molar-refractivity contribution in [1.29, 1.82) is 0 Å². The Hall–Kier alpha value is -4.60. The van der Waals surface area contributed by atoms with E-state index in [0.29, 0.717) is 37.8 Å². The quantitative estimate of drug-likeness (QED) is 0.174. The van der Waals surface area contributed by atoms with E-state index in [4.69, 9.17) is 26.4 Å². The highest BCUT2D eigenvalue weighted by molar-refractivity contribution is 8.27. The predicted octanol–water partition coefficient (Wildman–Crippen LogP) is 6.91. The number of carbonyl (C=O) groups is 2. The highest BCUT2D eigenvalue weighted by atomic mass is 32.2. The fourth-order valence-electron chi connectivity index (χ4n) is 3.84. The Morgan fingerprint density at radius 3 is 2.27 bits per heavy atom. The third-order valence-electron chi connectivity index (χ3n) is 5.77. The Labute approximate surface area is 241 Å².